The Morgan fingerprint density at radius 2 is 2.05 bits per heavy atom. The van der Waals surface area contributed by atoms with E-state index in [0.717, 1.165) is 0 Å². The van der Waals surface area contributed by atoms with Gasteiger partial charge in [-0.1, -0.05) is 12.1 Å². The molecular formula is C15H14BrN3O3. The summed E-state index contributed by atoms with van der Waals surface area (Å²) in [6, 6.07) is 10.5. The van der Waals surface area contributed by atoms with Gasteiger partial charge in [0.05, 0.1) is 18.0 Å². The Morgan fingerprint density at radius 1 is 1.23 bits per heavy atom. The molecule has 22 heavy (non-hydrogen) atoms. The molecule has 2 aromatic rings. The number of nitrogens with one attached hydrogen (secondary N) is 2. The number of hydrazone groups is 1. The average molecular weight is 364 g/mol. The van der Waals surface area contributed by atoms with Crippen molar-refractivity contribution in [2.45, 2.75) is 6.42 Å². The Hall–Kier alpha value is -2.41. The van der Waals surface area contributed by atoms with E-state index < -0.39 is 0 Å². The van der Waals surface area contributed by atoms with Gasteiger partial charge in [0, 0.05) is 17.4 Å². The number of halogens is 1. The summed E-state index contributed by atoms with van der Waals surface area (Å²) in [7, 11) is 0. The fourth-order valence-electron chi connectivity index (χ4n) is 1.62. The SMILES string of the molecule is O=C(CCNC(=O)c1ccccc1Br)N/N=C/c1ccco1. The molecule has 0 aliphatic carbocycles. The first kappa shape index (κ1) is 16.0. The van der Waals surface area contributed by atoms with Crippen molar-refractivity contribution in [1.82, 2.24) is 10.7 Å². The first-order valence-corrected chi connectivity index (χ1v) is 7.34. The summed E-state index contributed by atoms with van der Waals surface area (Å²) in [5, 5.41) is 6.42. The molecule has 1 aromatic carbocycles. The molecule has 2 N–H and O–H groups in total. The minimum atomic E-state index is -0.296. The van der Waals surface area contributed by atoms with Crippen molar-refractivity contribution in [1.29, 1.82) is 0 Å². The molecule has 0 saturated heterocycles. The van der Waals surface area contributed by atoms with Crippen LogP contribution < -0.4 is 10.7 Å². The molecule has 2 amide bonds. The van der Waals surface area contributed by atoms with Crippen molar-refractivity contribution < 1.29 is 14.0 Å². The van der Waals surface area contributed by atoms with E-state index in [2.05, 4.69) is 31.8 Å². The van der Waals surface area contributed by atoms with Crippen molar-refractivity contribution in [3.63, 3.8) is 0 Å². The first-order chi connectivity index (χ1) is 10.7. The van der Waals surface area contributed by atoms with Crippen molar-refractivity contribution in [2.24, 2.45) is 5.10 Å². The van der Waals surface area contributed by atoms with Crippen LogP contribution in [0.5, 0.6) is 0 Å². The summed E-state index contributed by atoms with van der Waals surface area (Å²) < 4.78 is 5.73. The summed E-state index contributed by atoms with van der Waals surface area (Å²) in [6.45, 7) is 0.224. The Balaban J connectivity index is 1.71. The molecule has 0 radical (unpaired) electrons. The zero-order chi connectivity index (χ0) is 15.8. The lowest BCUT2D eigenvalue weighted by Crippen LogP contribution is -2.29. The van der Waals surface area contributed by atoms with Gasteiger partial charge < -0.3 is 9.73 Å². The molecule has 0 unspecified atom stereocenters. The van der Waals surface area contributed by atoms with Gasteiger partial charge in [0.2, 0.25) is 5.91 Å². The third kappa shape index (κ3) is 4.85. The summed E-state index contributed by atoms with van der Waals surface area (Å²) in [5.41, 5.74) is 2.88. The number of furan rings is 1. The fourth-order valence-corrected chi connectivity index (χ4v) is 2.08. The quantitative estimate of drug-likeness (QED) is 0.610. The van der Waals surface area contributed by atoms with Gasteiger partial charge in [-0.05, 0) is 40.2 Å². The number of benzene rings is 1. The lowest BCUT2D eigenvalue weighted by Gasteiger charge is -2.06. The van der Waals surface area contributed by atoms with E-state index >= 15 is 0 Å². The zero-order valence-corrected chi connectivity index (χ0v) is 13.2. The summed E-state index contributed by atoms with van der Waals surface area (Å²) in [4.78, 5) is 23.4. The molecule has 2 rings (SSSR count). The second-order valence-corrected chi connectivity index (χ2v) is 5.15. The van der Waals surface area contributed by atoms with Gasteiger partial charge in [-0.3, -0.25) is 9.59 Å². The van der Waals surface area contributed by atoms with E-state index in [0.29, 0.717) is 15.8 Å². The van der Waals surface area contributed by atoms with Gasteiger partial charge in [0.15, 0.2) is 0 Å². The maximum absolute atomic E-state index is 11.9. The van der Waals surface area contributed by atoms with Gasteiger partial charge in [-0.2, -0.15) is 5.10 Å². The standard InChI is InChI=1S/C15H14BrN3O3/c16-13-6-2-1-5-12(13)15(21)17-8-7-14(20)19-18-10-11-4-3-9-22-11/h1-6,9-10H,7-8H2,(H,17,21)(H,19,20)/b18-10+. The number of hydrogen-bond donors (Lipinski definition) is 2. The van der Waals surface area contributed by atoms with Crippen LogP contribution >= 0.6 is 15.9 Å². The largest absolute Gasteiger partial charge is 0.463 e. The molecule has 6 nitrogen and oxygen atoms in total. The molecule has 1 aromatic heterocycles. The van der Waals surface area contributed by atoms with Gasteiger partial charge in [-0.25, -0.2) is 5.43 Å². The fraction of sp³-hybridized carbons (Fsp3) is 0.133. The number of carbonyl (C=O) groups excluding carboxylic acids is 2. The lowest BCUT2D eigenvalue weighted by atomic mass is 10.2. The molecule has 0 aliphatic heterocycles. The Bertz CT molecular complexity index is 668. The number of nitrogens with zero attached hydrogens (tertiary/aromatic N) is 1. The zero-order valence-electron chi connectivity index (χ0n) is 11.6. The smallest absolute Gasteiger partial charge is 0.252 e. The van der Waals surface area contributed by atoms with Crippen LogP contribution in [0.15, 0.2) is 56.7 Å². The molecule has 0 fully saturated rings. The van der Waals surface area contributed by atoms with Gasteiger partial charge in [-0.15, -0.1) is 0 Å². The molecule has 0 saturated carbocycles. The van der Waals surface area contributed by atoms with Gasteiger partial charge in [0.1, 0.15) is 5.76 Å². The monoisotopic (exact) mass is 363 g/mol. The predicted molar refractivity (Wildman–Crippen MR) is 85.5 cm³/mol. The number of hydrogen-bond acceptors (Lipinski definition) is 4. The average Bonchev–Trinajstić information content (AvgIpc) is 3.01. The maximum Gasteiger partial charge on any atom is 0.252 e. The van der Waals surface area contributed by atoms with E-state index in [1.54, 1.807) is 30.3 Å². The summed E-state index contributed by atoms with van der Waals surface area (Å²) >= 11 is 3.30. The lowest BCUT2D eigenvalue weighted by molar-refractivity contribution is -0.120. The minimum absolute atomic E-state index is 0.131. The normalized spacial score (nSPS) is 10.6. The van der Waals surface area contributed by atoms with E-state index in [9.17, 15) is 9.59 Å². The first-order valence-electron chi connectivity index (χ1n) is 6.55. The Morgan fingerprint density at radius 3 is 2.77 bits per heavy atom. The molecular weight excluding hydrogens is 350 g/mol. The Kier molecular flexibility index (Phi) is 5.91. The van der Waals surface area contributed by atoms with Crippen LogP contribution in [-0.2, 0) is 4.79 Å². The molecule has 0 aliphatic rings. The van der Waals surface area contributed by atoms with Crippen molar-refractivity contribution in [2.75, 3.05) is 6.54 Å². The number of amides is 2. The Labute approximate surface area is 135 Å². The highest BCUT2D eigenvalue weighted by atomic mass is 79.9. The van der Waals surface area contributed by atoms with Crippen LogP contribution in [-0.4, -0.2) is 24.6 Å². The summed E-state index contributed by atoms with van der Waals surface area (Å²) in [6.07, 6.45) is 3.05. The van der Waals surface area contributed by atoms with E-state index in [-0.39, 0.29) is 24.8 Å². The van der Waals surface area contributed by atoms with Crippen LogP contribution in [0.4, 0.5) is 0 Å². The molecule has 7 heteroatoms. The van der Waals surface area contributed by atoms with Crippen molar-refractivity contribution in [3.05, 3.63) is 58.5 Å². The highest BCUT2D eigenvalue weighted by molar-refractivity contribution is 9.10. The van der Waals surface area contributed by atoms with Crippen LogP contribution in [0.3, 0.4) is 0 Å². The summed E-state index contributed by atoms with van der Waals surface area (Å²) in [5.74, 6) is 0.0112. The molecule has 0 spiro atoms. The second-order valence-electron chi connectivity index (χ2n) is 4.29. The van der Waals surface area contributed by atoms with Crippen LogP contribution in [0.25, 0.3) is 0 Å². The predicted octanol–water partition coefficient (Wildman–Crippen LogP) is 2.31. The minimum Gasteiger partial charge on any atom is -0.463 e. The van der Waals surface area contributed by atoms with Crippen LogP contribution in [0.2, 0.25) is 0 Å². The number of carbonyl (C=O) groups is 2. The topological polar surface area (TPSA) is 83.7 Å². The molecule has 1 heterocycles. The van der Waals surface area contributed by atoms with Crippen molar-refractivity contribution >= 4 is 34.0 Å². The van der Waals surface area contributed by atoms with Crippen LogP contribution in [0, 0.1) is 0 Å². The third-order valence-corrected chi connectivity index (χ3v) is 3.37. The molecule has 0 atom stereocenters. The third-order valence-electron chi connectivity index (χ3n) is 2.68. The van der Waals surface area contributed by atoms with Crippen molar-refractivity contribution in [3.8, 4) is 0 Å². The molecule has 114 valence electrons. The van der Waals surface area contributed by atoms with Crippen LogP contribution in [0.1, 0.15) is 22.5 Å². The van der Waals surface area contributed by atoms with E-state index in [1.165, 1.54) is 12.5 Å². The highest BCUT2D eigenvalue weighted by Gasteiger charge is 2.09. The van der Waals surface area contributed by atoms with Gasteiger partial charge >= 0.3 is 0 Å². The van der Waals surface area contributed by atoms with E-state index in [4.69, 9.17) is 4.42 Å². The number of rotatable bonds is 6. The molecule has 0 bridgehead atoms. The second kappa shape index (κ2) is 8.14. The maximum atomic E-state index is 11.9. The van der Waals surface area contributed by atoms with Gasteiger partial charge in [0.25, 0.3) is 5.91 Å². The van der Waals surface area contributed by atoms with E-state index in [1.807, 2.05) is 6.07 Å². The highest BCUT2D eigenvalue weighted by Crippen LogP contribution is 2.15.